The lowest BCUT2D eigenvalue weighted by molar-refractivity contribution is -0.154. The van der Waals surface area contributed by atoms with Crippen molar-refractivity contribution in [3.63, 3.8) is 0 Å². The predicted octanol–water partition coefficient (Wildman–Crippen LogP) is 1.70. The second kappa shape index (κ2) is 4.13. The fourth-order valence-electron chi connectivity index (χ4n) is 2.74. The summed E-state index contributed by atoms with van der Waals surface area (Å²) >= 11 is 0. The number of carbonyl (C=O) groups excluding carboxylic acids is 2. The molecule has 0 spiro atoms. The number of halogens is 1. The molecule has 0 amide bonds. The molecule has 0 heterocycles. The van der Waals surface area contributed by atoms with E-state index in [1.807, 2.05) is 19.6 Å². The van der Waals surface area contributed by atoms with Gasteiger partial charge in [-0.2, -0.15) is 0 Å². The Kier molecular flexibility index (Phi) is 3.14. The molecule has 0 saturated heterocycles. The number of carbonyl (C=O) groups is 2. The van der Waals surface area contributed by atoms with Gasteiger partial charge in [-0.15, -0.1) is 0 Å². The van der Waals surface area contributed by atoms with Crippen LogP contribution >= 0.6 is 0 Å². The van der Waals surface area contributed by atoms with E-state index in [9.17, 15) is 14.0 Å². The van der Waals surface area contributed by atoms with Crippen LogP contribution in [0.15, 0.2) is 0 Å². The maximum absolute atomic E-state index is 14.3. The number of fused-ring (bicyclic) bond motifs is 1. The molecule has 2 fully saturated rings. The summed E-state index contributed by atoms with van der Waals surface area (Å²) in [5.74, 6) is -2.53. The third kappa shape index (κ3) is 2.01. The molecule has 4 atom stereocenters. The van der Waals surface area contributed by atoms with Crippen LogP contribution in [0.1, 0.15) is 13.3 Å². The highest BCUT2D eigenvalue weighted by molar-refractivity contribution is 6.69. The first-order valence-corrected chi connectivity index (χ1v) is 9.70. The lowest BCUT2D eigenvalue weighted by atomic mass is 10.1. The third-order valence-electron chi connectivity index (χ3n) is 3.46. The molecule has 2 aliphatic carbocycles. The molecule has 18 heavy (non-hydrogen) atoms. The Morgan fingerprint density at radius 3 is 2.50 bits per heavy atom. The van der Waals surface area contributed by atoms with Crippen molar-refractivity contribution in [2.75, 3.05) is 6.61 Å². The van der Waals surface area contributed by atoms with Crippen LogP contribution < -0.4 is 0 Å². The average Bonchev–Trinajstić information content (AvgIpc) is 2.67. The molecule has 6 heteroatoms. The first kappa shape index (κ1) is 13.7. The van der Waals surface area contributed by atoms with E-state index in [-0.39, 0.29) is 12.4 Å². The van der Waals surface area contributed by atoms with Crippen LogP contribution in [0.5, 0.6) is 0 Å². The van der Waals surface area contributed by atoms with E-state index >= 15 is 0 Å². The predicted molar refractivity (Wildman–Crippen MR) is 65.3 cm³/mol. The maximum Gasteiger partial charge on any atom is 0.344 e. The maximum atomic E-state index is 14.3. The summed E-state index contributed by atoms with van der Waals surface area (Å²) < 4.78 is 24.7. The zero-order valence-corrected chi connectivity index (χ0v) is 12.2. The smallest absolute Gasteiger partial charge is 0.344 e. The molecule has 0 aromatic heterocycles. The number of ketones is 1. The summed E-state index contributed by atoms with van der Waals surface area (Å²) in [6.45, 7) is 7.71. The Morgan fingerprint density at radius 1 is 1.50 bits per heavy atom. The lowest BCUT2D eigenvalue weighted by Gasteiger charge is -2.24. The highest BCUT2D eigenvalue weighted by Crippen LogP contribution is 2.62. The molecule has 2 aliphatic rings. The zero-order valence-electron chi connectivity index (χ0n) is 11.2. The summed E-state index contributed by atoms with van der Waals surface area (Å²) in [5.41, 5.74) is -2.08. The molecular weight excluding hydrogens is 255 g/mol. The Hall–Kier alpha value is -0.753. The van der Waals surface area contributed by atoms with Gasteiger partial charge >= 0.3 is 5.97 Å². The highest BCUT2D eigenvalue weighted by atomic mass is 28.4. The number of Topliss-reactive ketones (excluding diaryl/α,β-unsaturated/α-hetero) is 1. The molecule has 0 radical (unpaired) electrons. The number of rotatable bonds is 4. The van der Waals surface area contributed by atoms with Crippen molar-refractivity contribution in [1.82, 2.24) is 0 Å². The molecule has 2 saturated carbocycles. The summed E-state index contributed by atoms with van der Waals surface area (Å²) in [5, 5.41) is 0. The summed E-state index contributed by atoms with van der Waals surface area (Å²) in [7, 11) is -1.82. The molecule has 0 aliphatic heterocycles. The highest BCUT2D eigenvalue weighted by Gasteiger charge is 2.79. The van der Waals surface area contributed by atoms with Crippen molar-refractivity contribution in [2.45, 2.75) is 44.8 Å². The van der Waals surface area contributed by atoms with E-state index in [0.29, 0.717) is 6.42 Å². The van der Waals surface area contributed by atoms with Crippen molar-refractivity contribution in [2.24, 2.45) is 11.8 Å². The third-order valence-corrected chi connectivity index (χ3v) is 4.45. The van der Waals surface area contributed by atoms with Crippen molar-refractivity contribution in [1.29, 1.82) is 0 Å². The van der Waals surface area contributed by atoms with E-state index in [0.717, 1.165) is 0 Å². The van der Waals surface area contributed by atoms with Crippen LogP contribution in [0, 0.1) is 11.8 Å². The van der Waals surface area contributed by atoms with Crippen LogP contribution in [-0.2, 0) is 18.8 Å². The number of hydrogen-bond donors (Lipinski definition) is 0. The van der Waals surface area contributed by atoms with Crippen LogP contribution in [0.25, 0.3) is 0 Å². The number of esters is 1. The molecule has 0 N–H and O–H groups in total. The molecule has 0 aromatic carbocycles. The van der Waals surface area contributed by atoms with Gasteiger partial charge < -0.3 is 9.16 Å². The van der Waals surface area contributed by atoms with Gasteiger partial charge in [0.15, 0.2) is 14.1 Å². The van der Waals surface area contributed by atoms with Gasteiger partial charge in [0.25, 0.3) is 0 Å². The molecule has 102 valence electrons. The first-order chi connectivity index (χ1) is 8.21. The Labute approximate surface area is 107 Å². The van der Waals surface area contributed by atoms with Crippen molar-refractivity contribution < 1.29 is 23.1 Å². The molecule has 4 nitrogen and oxygen atoms in total. The fraction of sp³-hybridized carbons (Fsp3) is 0.833. The quantitative estimate of drug-likeness (QED) is 0.578. The van der Waals surface area contributed by atoms with Crippen LogP contribution in [0.2, 0.25) is 19.6 Å². The van der Waals surface area contributed by atoms with Crippen molar-refractivity contribution in [3.05, 3.63) is 0 Å². The number of ether oxygens (including phenoxy) is 1. The van der Waals surface area contributed by atoms with E-state index in [4.69, 9.17) is 9.16 Å². The Bertz CT molecular complexity index is 392. The number of alkyl halides is 1. The van der Waals surface area contributed by atoms with Gasteiger partial charge in [-0.1, -0.05) is 0 Å². The van der Waals surface area contributed by atoms with Gasteiger partial charge in [0.05, 0.1) is 12.5 Å². The van der Waals surface area contributed by atoms with Crippen molar-refractivity contribution in [3.8, 4) is 0 Å². The van der Waals surface area contributed by atoms with Crippen LogP contribution in [-0.4, -0.2) is 38.4 Å². The van der Waals surface area contributed by atoms with Gasteiger partial charge in [0, 0.05) is 5.92 Å². The normalized spacial score (nSPS) is 38.5. The van der Waals surface area contributed by atoms with E-state index in [2.05, 4.69) is 0 Å². The SMILES string of the molecule is CCOC(=O)C1(F)C2CC(O[Si](C)(C)C)C(=O)C21. The van der Waals surface area contributed by atoms with Gasteiger partial charge in [0.2, 0.25) is 5.67 Å². The minimum Gasteiger partial charge on any atom is -0.464 e. The average molecular weight is 274 g/mol. The van der Waals surface area contributed by atoms with Gasteiger partial charge in [-0.05, 0) is 33.0 Å². The van der Waals surface area contributed by atoms with Gasteiger partial charge in [0.1, 0.15) is 6.10 Å². The topological polar surface area (TPSA) is 52.6 Å². The lowest BCUT2D eigenvalue weighted by Crippen LogP contribution is -2.39. The standard InChI is InChI=1S/C12H19FO4Si/c1-5-16-11(15)12(13)7-6-8(10(14)9(7)12)17-18(2,3)4/h7-9H,5-6H2,1-4H3. The monoisotopic (exact) mass is 274 g/mol. The minimum atomic E-state index is -2.08. The van der Waals surface area contributed by atoms with E-state index < -0.39 is 37.9 Å². The van der Waals surface area contributed by atoms with Crippen LogP contribution in [0.4, 0.5) is 4.39 Å². The molecule has 4 unspecified atom stereocenters. The second-order valence-electron chi connectivity index (χ2n) is 5.93. The largest absolute Gasteiger partial charge is 0.464 e. The Balaban J connectivity index is 2.02. The number of hydrogen-bond acceptors (Lipinski definition) is 4. The second-order valence-corrected chi connectivity index (χ2v) is 10.4. The summed E-state index contributed by atoms with van der Waals surface area (Å²) in [6, 6.07) is 0. The Morgan fingerprint density at radius 2 is 2.11 bits per heavy atom. The summed E-state index contributed by atoms with van der Waals surface area (Å²) in [4.78, 5) is 23.5. The van der Waals surface area contributed by atoms with E-state index in [1.54, 1.807) is 6.92 Å². The van der Waals surface area contributed by atoms with Crippen LogP contribution in [0.3, 0.4) is 0 Å². The van der Waals surface area contributed by atoms with Crippen molar-refractivity contribution >= 4 is 20.1 Å². The molecular formula is C12H19FO4Si. The fourth-order valence-corrected chi connectivity index (χ4v) is 3.80. The molecule has 0 bridgehead atoms. The van der Waals surface area contributed by atoms with Gasteiger partial charge in [-0.25, -0.2) is 9.18 Å². The first-order valence-electron chi connectivity index (χ1n) is 6.29. The summed E-state index contributed by atoms with van der Waals surface area (Å²) in [6.07, 6.45) is -0.215. The molecule has 0 aromatic rings. The molecule has 2 rings (SSSR count). The minimum absolute atomic E-state index is 0.132. The van der Waals surface area contributed by atoms with Gasteiger partial charge in [-0.3, -0.25) is 4.79 Å². The van der Waals surface area contributed by atoms with E-state index in [1.165, 1.54) is 0 Å². The zero-order chi connectivity index (χ0) is 13.7.